The van der Waals surface area contributed by atoms with Gasteiger partial charge in [0, 0.05) is 35.6 Å². The summed E-state index contributed by atoms with van der Waals surface area (Å²) in [5, 5.41) is 5.62. The number of nitrogen functional groups attached to an aromatic ring is 1. The van der Waals surface area contributed by atoms with Gasteiger partial charge in [-0.3, -0.25) is 0 Å². The molecule has 0 amide bonds. The molecule has 2 aliphatic heterocycles. The molecular formula is C19H23ClN8OS. The summed E-state index contributed by atoms with van der Waals surface area (Å²) in [7, 11) is 0. The van der Waals surface area contributed by atoms with Crippen LogP contribution in [0.2, 0.25) is 5.02 Å². The van der Waals surface area contributed by atoms with E-state index in [1.54, 1.807) is 23.2 Å². The summed E-state index contributed by atoms with van der Waals surface area (Å²) in [6, 6.07) is 1.90. The van der Waals surface area contributed by atoms with Crippen LogP contribution in [0.3, 0.4) is 0 Å². The minimum Gasteiger partial charge on any atom is -0.382 e. The van der Waals surface area contributed by atoms with E-state index in [4.69, 9.17) is 32.8 Å². The lowest BCUT2D eigenvalue weighted by molar-refractivity contribution is 0.0974. The Morgan fingerprint density at radius 1 is 1.27 bits per heavy atom. The highest BCUT2D eigenvalue weighted by Crippen LogP contribution is 2.42. The van der Waals surface area contributed by atoms with Gasteiger partial charge in [-0.2, -0.15) is 5.10 Å². The van der Waals surface area contributed by atoms with E-state index >= 15 is 0 Å². The molecule has 30 heavy (non-hydrogen) atoms. The second kappa shape index (κ2) is 7.52. The molecule has 0 radical (unpaired) electrons. The van der Waals surface area contributed by atoms with Gasteiger partial charge in [0.2, 0.25) is 0 Å². The van der Waals surface area contributed by atoms with Gasteiger partial charge >= 0.3 is 0 Å². The molecule has 2 atom stereocenters. The minimum atomic E-state index is 0.0632. The Morgan fingerprint density at radius 3 is 2.80 bits per heavy atom. The van der Waals surface area contributed by atoms with Crippen LogP contribution < -0.4 is 16.4 Å². The van der Waals surface area contributed by atoms with E-state index in [-0.39, 0.29) is 17.6 Å². The summed E-state index contributed by atoms with van der Waals surface area (Å²) in [5.74, 6) is 1.12. The Balaban J connectivity index is 1.40. The van der Waals surface area contributed by atoms with E-state index in [9.17, 15) is 0 Å². The highest BCUT2D eigenvalue weighted by atomic mass is 35.5. The summed E-state index contributed by atoms with van der Waals surface area (Å²) in [6.07, 6.45) is 7.03. The van der Waals surface area contributed by atoms with Crippen LogP contribution in [0.5, 0.6) is 0 Å². The van der Waals surface area contributed by atoms with Crippen LogP contribution in [0.4, 0.5) is 11.6 Å². The molecule has 158 valence electrons. The van der Waals surface area contributed by atoms with E-state index < -0.39 is 0 Å². The number of piperidine rings is 1. The predicted molar refractivity (Wildman–Crippen MR) is 116 cm³/mol. The number of hydrogen-bond acceptors (Lipinski definition) is 9. The zero-order chi connectivity index (χ0) is 20.9. The largest absolute Gasteiger partial charge is 0.382 e. The monoisotopic (exact) mass is 446 g/mol. The molecular weight excluding hydrogens is 424 g/mol. The lowest BCUT2D eigenvalue weighted by Gasteiger charge is -2.41. The number of fused-ring (bicyclic) bond motifs is 1. The SMILES string of the molecule is CC1OCC2(CCN(c3ncc(Sc4ccnc(N)c4Cl)n4ncnc34)CC2)C1N. The number of anilines is 2. The van der Waals surface area contributed by atoms with E-state index in [1.807, 2.05) is 6.07 Å². The van der Waals surface area contributed by atoms with E-state index in [1.165, 1.54) is 11.8 Å². The van der Waals surface area contributed by atoms with Gasteiger partial charge in [-0.1, -0.05) is 23.4 Å². The van der Waals surface area contributed by atoms with Crippen molar-refractivity contribution in [1.29, 1.82) is 0 Å². The molecule has 9 nitrogen and oxygen atoms in total. The van der Waals surface area contributed by atoms with Crippen LogP contribution in [0.1, 0.15) is 19.8 Å². The van der Waals surface area contributed by atoms with Crippen molar-refractivity contribution in [3.05, 3.63) is 29.8 Å². The maximum absolute atomic E-state index is 6.45. The van der Waals surface area contributed by atoms with Gasteiger partial charge in [-0.25, -0.2) is 19.5 Å². The number of hydrogen-bond donors (Lipinski definition) is 2. The molecule has 2 aliphatic rings. The second-order valence-electron chi connectivity index (χ2n) is 7.92. The first-order valence-electron chi connectivity index (χ1n) is 9.87. The Hall–Kier alpha value is -2.14. The highest BCUT2D eigenvalue weighted by molar-refractivity contribution is 7.99. The van der Waals surface area contributed by atoms with Gasteiger partial charge < -0.3 is 21.1 Å². The van der Waals surface area contributed by atoms with Crippen molar-refractivity contribution < 1.29 is 4.74 Å². The third kappa shape index (κ3) is 3.18. The average Bonchev–Trinajstić information content (AvgIpc) is 3.35. The predicted octanol–water partition coefficient (Wildman–Crippen LogP) is 2.24. The van der Waals surface area contributed by atoms with Crippen molar-refractivity contribution in [2.75, 3.05) is 30.3 Å². The number of rotatable bonds is 3. The summed E-state index contributed by atoms with van der Waals surface area (Å²) < 4.78 is 7.62. The number of aromatic nitrogens is 5. The number of nitrogens with two attached hydrogens (primary N) is 2. The lowest BCUT2D eigenvalue weighted by atomic mass is 9.73. The van der Waals surface area contributed by atoms with Gasteiger partial charge in [0.15, 0.2) is 11.5 Å². The molecule has 11 heteroatoms. The first-order valence-corrected chi connectivity index (χ1v) is 11.1. The standard InChI is InChI=1S/C19H23ClN8OS/c1-11-15(21)19(9-29-11)3-6-27(7-4-19)17-18-25-10-26-28(18)13(8-24-17)30-12-2-5-23-16(22)14(12)20/h2,5,8,10-11,15H,3-4,6-7,9,21H2,1H3,(H2,22,23). The number of ether oxygens (including phenoxy) is 1. The van der Waals surface area contributed by atoms with E-state index in [2.05, 4.69) is 26.9 Å². The van der Waals surface area contributed by atoms with Crippen molar-refractivity contribution in [1.82, 2.24) is 24.6 Å². The molecule has 3 aromatic rings. The Labute approximate surface area is 183 Å². The quantitative estimate of drug-likeness (QED) is 0.623. The molecule has 5 rings (SSSR count). The van der Waals surface area contributed by atoms with E-state index in [0.717, 1.165) is 53.9 Å². The third-order valence-corrected chi connectivity index (χ3v) is 7.81. The molecule has 2 saturated heterocycles. The normalized spacial score (nSPS) is 23.5. The van der Waals surface area contributed by atoms with Crippen LogP contribution in [-0.2, 0) is 4.74 Å². The summed E-state index contributed by atoms with van der Waals surface area (Å²) >= 11 is 7.73. The fourth-order valence-corrected chi connectivity index (χ4v) is 5.45. The molecule has 2 fully saturated rings. The zero-order valence-corrected chi connectivity index (χ0v) is 18.1. The van der Waals surface area contributed by atoms with Gasteiger partial charge in [0.1, 0.15) is 17.2 Å². The van der Waals surface area contributed by atoms with Crippen molar-refractivity contribution in [3.63, 3.8) is 0 Å². The van der Waals surface area contributed by atoms with Gasteiger partial charge in [-0.15, -0.1) is 0 Å². The van der Waals surface area contributed by atoms with E-state index in [0.29, 0.717) is 10.8 Å². The number of halogens is 1. The Morgan fingerprint density at radius 2 is 2.07 bits per heavy atom. The van der Waals surface area contributed by atoms with Crippen LogP contribution in [-0.4, -0.2) is 56.4 Å². The molecule has 1 spiro atoms. The molecule has 0 bridgehead atoms. The van der Waals surface area contributed by atoms with Crippen LogP contribution in [0, 0.1) is 5.41 Å². The average molecular weight is 447 g/mol. The molecule has 4 N–H and O–H groups in total. The Kier molecular flexibility index (Phi) is 4.97. The van der Waals surface area contributed by atoms with Crippen molar-refractivity contribution in [2.45, 2.75) is 41.8 Å². The second-order valence-corrected chi connectivity index (χ2v) is 9.36. The van der Waals surface area contributed by atoms with Crippen LogP contribution in [0.15, 0.2) is 34.7 Å². The first kappa shape index (κ1) is 19.8. The topological polar surface area (TPSA) is 120 Å². The number of nitrogens with zero attached hydrogens (tertiary/aromatic N) is 6. The molecule has 0 aliphatic carbocycles. The van der Waals surface area contributed by atoms with Crippen molar-refractivity contribution >= 4 is 40.6 Å². The van der Waals surface area contributed by atoms with Gasteiger partial charge in [0.05, 0.1) is 23.9 Å². The molecule has 0 aromatic carbocycles. The summed E-state index contributed by atoms with van der Waals surface area (Å²) in [5.41, 5.74) is 13.1. The van der Waals surface area contributed by atoms with Gasteiger partial charge in [-0.05, 0) is 25.8 Å². The minimum absolute atomic E-state index is 0.0632. The Bertz CT molecular complexity index is 1080. The summed E-state index contributed by atoms with van der Waals surface area (Å²) in [6.45, 7) is 4.52. The van der Waals surface area contributed by atoms with Gasteiger partial charge in [0.25, 0.3) is 0 Å². The fourth-order valence-electron chi connectivity index (χ4n) is 4.35. The first-order chi connectivity index (χ1) is 14.5. The molecule has 0 saturated carbocycles. The lowest BCUT2D eigenvalue weighted by Crippen LogP contribution is -2.50. The maximum Gasteiger partial charge on any atom is 0.199 e. The third-order valence-electron chi connectivity index (χ3n) is 6.25. The zero-order valence-electron chi connectivity index (χ0n) is 16.5. The molecule has 5 heterocycles. The maximum atomic E-state index is 6.45. The smallest absolute Gasteiger partial charge is 0.199 e. The fraction of sp³-hybridized carbons (Fsp3) is 0.474. The highest BCUT2D eigenvalue weighted by Gasteiger charge is 2.47. The van der Waals surface area contributed by atoms with Crippen LogP contribution in [0.25, 0.3) is 5.65 Å². The van der Waals surface area contributed by atoms with Crippen LogP contribution >= 0.6 is 23.4 Å². The summed E-state index contributed by atoms with van der Waals surface area (Å²) in [4.78, 5) is 16.3. The number of pyridine rings is 1. The van der Waals surface area contributed by atoms with Crippen molar-refractivity contribution in [2.24, 2.45) is 11.1 Å². The molecule has 2 unspecified atom stereocenters. The van der Waals surface area contributed by atoms with Crippen molar-refractivity contribution in [3.8, 4) is 0 Å². The molecule has 3 aromatic heterocycles.